The van der Waals surface area contributed by atoms with Gasteiger partial charge in [-0.2, -0.15) is 4.98 Å². The number of carbonyl (C=O) groups excluding carboxylic acids is 1. The molecule has 2 heterocycles. The third kappa shape index (κ3) is 7.47. The third-order valence-corrected chi connectivity index (χ3v) is 7.26. The molecule has 1 aliphatic heterocycles. The molecular formula is C35H38N2O5. The van der Waals surface area contributed by atoms with Gasteiger partial charge in [0.1, 0.15) is 18.8 Å². The summed E-state index contributed by atoms with van der Waals surface area (Å²) in [7, 11) is 0. The van der Waals surface area contributed by atoms with E-state index in [0.717, 1.165) is 27.8 Å². The average Bonchev–Trinajstić information content (AvgIpc) is 2.99. The molecule has 3 aromatic carbocycles. The van der Waals surface area contributed by atoms with Crippen LogP contribution >= 0.6 is 0 Å². The van der Waals surface area contributed by atoms with E-state index in [0.29, 0.717) is 50.9 Å². The van der Waals surface area contributed by atoms with Crippen LogP contribution in [0.25, 0.3) is 11.1 Å². The first-order valence-corrected chi connectivity index (χ1v) is 14.3. The van der Waals surface area contributed by atoms with Crippen molar-refractivity contribution in [3.05, 3.63) is 114 Å². The Morgan fingerprint density at radius 3 is 1.95 bits per heavy atom. The summed E-state index contributed by atoms with van der Waals surface area (Å²) in [6.45, 7) is 7.19. The van der Waals surface area contributed by atoms with Crippen LogP contribution in [0, 0.1) is 0 Å². The number of hydrogen-bond donors (Lipinski definition) is 1. The van der Waals surface area contributed by atoms with Crippen LogP contribution in [0.5, 0.6) is 11.8 Å². The van der Waals surface area contributed by atoms with Gasteiger partial charge in [0.15, 0.2) is 0 Å². The molecule has 0 spiro atoms. The van der Waals surface area contributed by atoms with E-state index < -0.39 is 11.2 Å². The fourth-order valence-corrected chi connectivity index (χ4v) is 4.93. The zero-order chi connectivity index (χ0) is 29.6. The minimum Gasteiger partial charge on any atom is -0.473 e. The van der Waals surface area contributed by atoms with E-state index in [2.05, 4.69) is 0 Å². The first-order chi connectivity index (χ1) is 20.2. The summed E-state index contributed by atoms with van der Waals surface area (Å²) < 4.78 is 17.7. The smallest absolute Gasteiger partial charge is 0.410 e. The molecule has 4 aromatic rings. The van der Waals surface area contributed by atoms with Gasteiger partial charge in [-0.1, -0.05) is 84.9 Å². The van der Waals surface area contributed by atoms with Crippen LogP contribution in [0.2, 0.25) is 0 Å². The largest absolute Gasteiger partial charge is 0.473 e. The Balaban J connectivity index is 1.32. The Morgan fingerprint density at radius 2 is 1.38 bits per heavy atom. The second-order valence-electron chi connectivity index (χ2n) is 11.6. The fourth-order valence-electron chi connectivity index (χ4n) is 4.93. The molecule has 218 valence electrons. The molecule has 0 unspecified atom stereocenters. The number of piperidine rings is 1. The highest BCUT2D eigenvalue weighted by Crippen LogP contribution is 2.36. The van der Waals surface area contributed by atoms with Gasteiger partial charge in [-0.15, -0.1) is 0 Å². The number of hydrogen-bond acceptors (Lipinski definition) is 6. The van der Waals surface area contributed by atoms with E-state index in [-0.39, 0.29) is 6.09 Å². The summed E-state index contributed by atoms with van der Waals surface area (Å²) in [4.78, 5) is 18.8. The van der Waals surface area contributed by atoms with Crippen molar-refractivity contribution in [3.63, 3.8) is 0 Å². The van der Waals surface area contributed by atoms with Gasteiger partial charge in [0.2, 0.25) is 11.8 Å². The second-order valence-corrected chi connectivity index (χ2v) is 11.6. The molecule has 1 fully saturated rings. The maximum atomic E-state index is 12.5. The van der Waals surface area contributed by atoms with Crippen molar-refractivity contribution >= 4 is 6.09 Å². The molecule has 0 bridgehead atoms. The second kappa shape index (κ2) is 12.7. The lowest BCUT2D eigenvalue weighted by Gasteiger charge is -2.39. The van der Waals surface area contributed by atoms with E-state index in [9.17, 15) is 9.90 Å². The van der Waals surface area contributed by atoms with Crippen molar-refractivity contribution in [2.75, 3.05) is 13.1 Å². The van der Waals surface area contributed by atoms with Crippen LogP contribution in [0.1, 0.15) is 50.3 Å². The van der Waals surface area contributed by atoms with Crippen molar-refractivity contribution in [1.29, 1.82) is 0 Å². The van der Waals surface area contributed by atoms with E-state index >= 15 is 0 Å². The van der Waals surface area contributed by atoms with Crippen LogP contribution in [0.3, 0.4) is 0 Å². The van der Waals surface area contributed by atoms with Gasteiger partial charge in [0.25, 0.3) is 0 Å². The van der Waals surface area contributed by atoms with E-state index in [1.54, 1.807) is 4.90 Å². The summed E-state index contributed by atoms with van der Waals surface area (Å²) in [5.74, 6) is 0.954. The third-order valence-electron chi connectivity index (χ3n) is 7.26. The van der Waals surface area contributed by atoms with Gasteiger partial charge < -0.3 is 24.2 Å². The molecule has 1 saturated heterocycles. The number of aliphatic hydroxyl groups is 1. The molecule has 5 rings (SSSR count). The van der Waals surface area contributed by atoms with Gasteiger partial charge >= 0.3 is 6.09 Å². The van der Waals surface area contributed by atoms with Crippen molar-refractivity contribution in [2.24, 2.45) is 0 Å². The van der Waals surface area contributed by atoms with E-state index in [4.69, 9.17) is 19.2 Å². The van der Waals surface area contributed by atoms with Crippen LogP contribution < -0.4 is 9.47 Å². The van der Waals surface area contributed by atoms with Crippen LogP contribution in [0.15, 0.2) is 97.1 Å². The van der Waals surface area contributed by atoms with Crippen molar-refractivity contribution < 1.29 is 24.1 Å². The number of benzene rings is 3. The molecule has 0 saturated carbocycles. The zero-order valence-corrected chi connectivity index (χ0v) is 24.5. The number of ether oxygens (including phenoxy) is 3. The molecule has 0 atom stereocenters. The molecule has 1 aliphatic rings. The first kappa shape index (κ1) is 29.1. The molecule has 1 aromatic heterocycles. The number of carbonyl (C=O) groups is 1. The Morgan fingerprint density at radius 1 is 0.810 bits per heavy atom. The van der Waals surface area contributed by atoms with Gasteiger partial charge in [0, 0.05) is 24.7 Å². The first-order valence-electron chi connectivity index (χ1n) is 14.3. The Kier molecular flexibility index (Phi) is 8.78. The molecule has 7 nitrogen and oxygen atoms in total. The Bertz CT molecular complexity index is 1460. The summed E-state index contributed by atoms with van der Waals surface area (Å²) in [6.07, 6.45) is 0.532. The lowest BCUT2D eigenvalue weighted by molar-refractivity contribution is -0.0356. The molecule has 1 amide bonds. The minimum atomic E-state index is -1.02. The van der Waals surface area contributed by atoms with Crippen LogP contribution in [-0.4, -0.2) is 39.8 Å². The molecule has 0 radical (unpaired) electrons. The summed E-state index contributed by atoms with van der Waals surface area (Å²) in [5.41, 5.74) is 3.09. The monoisotopic (exact) mass is 566 g/mol. The lowest BCUT2D eigenvalue weighted by atomic mass is 9.84. The fraction of sp³-hybridized carbons (Fsp3) is 0.314. The summed E-state index contributed by atoms with van der Waals surface area (Å²) in [6, 6.07) is 31.6. The summed E-state index contributed by atoms with van der Waals surface area (Å²) in [5, 5.41) is 11.5. The number of pyridine rings is 1. The average molecular weight is 567 g/mol. The maximum Gasteiger partial charge on any atom is 0.410 e. The summed E-state index contributed by atoms with van der Waals surface area (Å²) >= 11 is 0. The number of aromatic nitrogens is 1. The maximum absolute atomic E-state index is 12.5. The Hall–Kier alpha value is -4.36. The van der Waals surface area contributed by atoms with Gasteiger partial charge in [0.05, 0.1) is 5.60 Å². The van der Waals surface area contributed by atoms with Crippen LogP contribution in [0.4, 0.5) is 4.79 Å². The standard InChI is InChI=1S/C35H38N2O5/c1-34(2,3)42-33(38)37-22-20-35(39,21-23-37)29-16-14-28(15-17-29)30-18-19-31(40-24-26-10-6-4-7-11-26)36-32(30)41-25-27-12-8-5-9-13-27/h4-19,39H,20-25H2,1-3H3. The zero-order valence-electron chi connectivity index (χ0n) is 24.5. The van der Waals surface area contributed by atoms with Crippen LogP contribution in [-0.2, 0) is 23.6 Å². The van der Waals surface area contributed by atoms with Gasteiger partial charge in [-0.3, -0.25) is 0 Å². The number of likely N-dealkylation sites (tertiary alicyclic amines) is 1. The van der Waals surface area contributed by atoms with Gasteiger partial charge in [-0.05, 0) is 61.9 Å². The molecule has 0 aliphatic carbocycles. The predicted octanol–water partition coefficient (Wildman–Crippen LogP) is 7.13. The molecular weight excluding hydrogens is 528 g/mol. The van der Waals surface area contributed by atoms with Crippen molar-refractivity contribution in [1.82, 2.24) is 9.88 Å². The molecule has 42 heavy (non-hydrogen) atoms. The number of rotatable bonds is 8. The highest BCUT2D eigenvalue weighted by Gasteiger charge is 2.36. The van der Waals surface area contributed by atoms with Crippen molar-refractivity contribution in [3.8, 4) is 22.9 Å². The molecule has 1 N–H and O–H groups in total. The lowest BCUT2D eigenvalue weighted by Crippen LogP contribution is -2.46. The van der Waals surface area contributed by atoms with E-state index in [1.807, 2.05) is 118 Å². The Labute approximate surface area is 247 Å². The number of nitrogens with zero attached hydrogens (tertiary/aromatic N) is 2. The van der Waals surface area contributed by atoms with E-state index in [1.165, 1.54) is 0 Å². The minimum absolute atomic E-state index is 0.341. The number of amides is 1. The van der Waals surface area contributed by atoms with Gasteiger partial charge in [-0.25, -0.2) is 4.79 Å². The quantitative estimate of drug-likeness (QED) is 0.245. The topological polar surface area (TPSA) is 81.1 Å². The highest BCUT2D eigenvalue weighted by atomic mass is 16.6. The normalized spacial score (nSPS) is 14.7. The predicted molar refractivity (Wildman–Crippen MR) is 162 cm³/mol. The SMILES string of the molecule is CC(C)(C)OC(=O)N1CCC(O)(c2ccc(-c3ccc(OCc4ccccc4)nc3OCc3ccccc3)cc2)CC1. The van der Waals surface area contributed by atoms with Crippen molar-refractivity contribution in [2.45, 2.75) is 58.0 Å². The molecule has 7 heteroatoms. The highest BCUT2D eigenvalue weighted by molar-refractivity contribution is 5.70.